The molecular weight excluding hydrogens is 218 g/mol. The van der Waals surface area contributed by atoms with Crippen molar-refractivity contribution in [3.63, 3.8) is 0 Å². The van der Waals surface area contributed by atoms with E-state index in [0.29, 0.717) is 0 Å². The minimum absolute atomic E-state index is 0.816. The highest BCUT2D eigenvalue weighted by Crippen LogP contribution is 2.29. The summed E-state index contributed by atoms with van der Waals surface area (Å²) >= 11 is 6.16. The van der Waals surface area contributed by atoms with E-state index >= 15 is 0 Å². The van der Waals surface area contributed by atoms with Crippen LogP contribution in [-0.4, -0.2) is 6.54 Å². The SMILES string of the molecule is CCCCNc1ccc(Cl)c2ccccc12. The van der Waals surface area contributed by atoms with E-state index in [1.54, 1.807) is 0 Å². The molecule has 2 heteroatoms. The van der Waals surface area contributed by atoms with Crippen LogP contribution in [-0.2, 0) is 0 Å². The van der Waals surface area contributed by atoms with Crippen LogP contribution in [0.1, 0.15) is 19.8 Å². The lowest BCUT2D eigenvalue weighted by atomic mass is 10.1. The molecule has 1 N–H and O–H groups in total. The summed E-state index contributed by atoms with van der Waals surface area (Å²) in [5, 5.41) is 6.59. The van der Waals surface area contributed by atoms with Crippen molar-refractivity contribution >= 4 is 28.1 Å². The van der Waals surface area contributed by atoms with Gasteiger partial charge < -0.3 is 5.32 Å². The molecule has 0 heterocycles. The highest BCUT2D eigenvalue weighted by Gasteiger charge is 2.02. The maximum absolute atomic E-state index is 6.16. The van der Waals surface area contributed by atoms with Crippen LogP contribution in [0.5, 0.6) is 0 Å². The van der Waals surface area contributed by atoms with Crippen LogP contribution in [0.2, 0.25) is 5.02 Å². The van der Waals surface area contributed by atoms with Crippen molar-refractivity contribution in [3.8, 4) is 0 Å². The van der Waals surface area contributed by atoms with E-state index < -0.39 is 0 Å². The Bertz CT molecular complexity index is 479. The summed E-state index contributed by atoms with van der Waals surface area (Å²) in [7, 11) is 0. The number of unbranched alkanes of at least 4 members (excludes halogenated alkanes) is 1. The lowest BCUT2D eigenvalue weighted by Gasteiger charge is -2.10. The molecule has 0 amide bonds. The first kappa shape index (κ1) is 11.3. The molecule has 0 saturated carbocycles. The molecule has 1 nitrogen and oxygen atoms in total. The number of halogens is 1. The van der Waals surface area contributed by atoms with Crippen LogP contribution in [0, 0.1) is 0 Å². The highest BCUT2D eigenvalue weighted by atomic mass is 35.5. The Labute approximate surface area is 101 Å². The number of fused-ring (bicyclic) bond motifs is 1. The van der Waals surface area contributed by atoms with Gasteiger partial charge in [-0.15, -0.1) is 0 Å². The summed E-state index contributed by atoms with van der Waals surface area (Å²) in [4.78, 5) is 0. The summed E-state index contributed by atoms with van der Waals surface area (Å²) in [6.45, 7) is 3.21. The van der Waals surface area contributed by atoms with Crippen molar-refractivity contribution in [2.75, 3.05) is 11.9 Å². The first-order chi connectivity index (χ1) is 7.83. The maximum Gasteiger partial charge on any atom is 0.0485 e. The molecule has 0 spiro atoms. The largest absolute Gasteiger partial charge is 0.385 e. The van der Waals surface area contributed by atoms with E-state index in [9.17, 15) is 0 Å². The molecule has 0 aromatic heterocycles. The number of hydrogen-bond donors (Lipinski definition) is 1. The number of benzene rings is 2. The summed E-state index contributed by atoms with van der Waals surface area (Å²) < 4.78 is 0. The number of hydrogen-bond acceptors (Lipinski definition) is 1. The number of anilines is 1. The van der Waals surface area contributed by atoms with Crippen LogP contribution in [0.4, 0.5) is 5.69 Å². The molecule has 2 aromatic rings. The second kappa shape index (κ2) is 5.22. The van der Waals surface area contributed by atoms with Gasteiger partial charge in [0, 0.05) is 28.0 Å². The fourth-order valence-electron chi connectivity index (χ4n) is 1.82. The van der Waals surface area contributed by atoms with Gasteiger partial charge in [-0.2, -0.15) is 0 Å². The van der Waals surface area contributed by atoms with Gasteiger partial charge in [0.15, 0.2) is 0 Å². The predicted octanol–water partition coefficient (Wildman–Crippen LogP) is 4.71. The predicted molar refractivity (Wildman–Crippen MR) is 72.4 cm³/mol. The molecular formula is C14H16ClN. The van der Waals surface area contributed by atoms with Crippen molar-refractivity contribution < 1.29 is 0 Å². The Balaban J connectivity index is 2.35. The summed E-state index contributed by atoms with van der Waals surface area (Å²) in [6, 6.07) is 12.2. The smallest absolute Gasteiger partial charge is 0.0485 e. The Kier molecular flexibility index (Phi) is 3.68. The van der Waals surface area contributed by atoms with E-state index in [4.69, 9.17) is 11.6 Å². The molecule has 84 valence electrons. The zero-order valence-electron chi connectivity index (χ0n) is 9.46. The normalized spacial score (nSPS) is 10.6. The van der Waals surface area contributed by atoms with Gasteiger partial charge in [-0.3, -0.25) is 0 Å². The van der Waals surface area contributed by atoms with Gasteiger partial charge in [0.05, 0.1) is 0 Å². The Hall–Kier alpha value is -1.21. The lowest BCUT2D eigenvalue weighted by molar-refractivity contribution is 0.835. The first-order valence-corrected chi connectivity index (χ1v) is 6.12. The monoisotopic (exact) mass is 233 g/mol. The van der Waals surface area contributed by atoms with Crippen molar-refractivity contribution in [3.05, 3.63) is 41.4 Å². The van der Waals surface area contributed by atoms with Crippen molar-refractivity contribution in [2.24, 2.45) is 0 Å². The van der Waals surface area contributed by atoms with Gasteiger partial charge >= 0.3 is 0 Å². The molecule has 0 atom stereocenters. The van der Waals surface area contributed by atoms with Crippen molar-refractivity contribution in [1.29, 1.82) is 0 Å². The van der Waals surface area contributed by atoms with Crippen molar-refractivity contribution in [1.82, 2.24) is 0 Å². The molecule has 0 bridgehead atoms. The minimum atomic E-state index is 0.816. The number of nitrogens with one attached hydrogen (secondary N) is 1. The highest BCUT2D eigenvalue weighted by molar-refractivity contribution is 6.36. The minimum Gasteiger partial charge on any atom is -0.385 e. The van der Waals surface area contributed by atoms with Crippen LogP contribution in [0.25, 0.3) is 10.8 Å². The molecule has 0 radical (unpaired) electrons. The fraction of sp³-hybridized carbons (Fsp3) is 0.286. The molecule has 0 saturated heterocycles. The molecule has 16 heavy (non-hydrogen) atoms. The summed E-state index contributed by atoms with van der Waals surface area (Å²) in [5.41, 5.74) is 1.17. The van der Waals surface area contributed by atoms with Crippen molar-refractivity contribution in [2.45, 2.75) is 19.8 Å². The van der Waals surface area contributed by atoms with Crippen LogP contribution < -0.4 is 5.32 Å². The lowest BCUT2D eigenvalue weighted by Crippen LogP contribution is -2.01. The standard InChI is InChI=1S/C14H16ClN/c1-2-3-10-16-14-9-8-13(15)11-6-4-5-7-12(11)14/h4-9,16H,2-3,10H2,1H3. The van der Waals surface area contributed by atoms with E-state index in [0.717, 1.165) is 17.0 Å². The average molecular weight is 234 g/mol. The van der Waals surface area contributed by atoms with E-state index in [1.807, 2.05) is 18.2 Å². The third-order valence-electron chi connectivity index (χ3n) is 2.72. The third-order valence-corrected chi connectivity index (χ3v) is 3.05. The molecule has 2 rings (SSSR count). The average Bonchev–Trinajstić information content (AvgIpc) is 2.33. The quantitative estimate of drug-likeness (QED) is 0.755. The number of rotatable bonds is 4. The summed E-state index contributed by atoms with van der Waals surface area (Å²) in [6.07, 6.45) is 2.40. The van der Waals surface area contributed by atoms with Gasteiger partial charge in [-0.25, -0.2) is 0 Å². The van der Waals surface area contributed by atoms with E-state index in [2.05, 4.69) is 30.4 Å². The van der Waals surface area contributed by atoms with Gasteiger partial charge in [0.1, 0.15) is 0 Å². The third kappa shape index (κ3) is 2.30. The Morgan fingerprint density at radius 3 is 2.56 bits per heavy atom. The molecule has 0 unspecified atom stereocenters. The van der Waals surface area contributed by atoms with Gasteiger partial charge in [-0.1, -0.05) is 49.2 Å². The second-order valence-corrected chi connectivity index (χ2v) is 4.33. The van der Waals surface area contributed by atoms with Gasteiger partial charge in [0.25, 0.3) is 0 Å². The molecule has 2 aromatic carbocycles. The van der Waals surface area contributed by atoms with Crippen LogP contribution >= 0.6 is 11.6 Å². The zero-order valence-corrected chi connectivity index (χ0v) is 10.2. The fourth-order valence-corrected chi connectivity index (χ4v) is 2.04. The maximum atomic E-state index is 6.16. The molecule has 0 aliphatic carbocycles. The van der Waals surface area contributed by atoms with E-state index in [1.165, 1.54) is 23.9 Å². The van der Waals surface area contributed by atoms with Crippen LogP contribution in [0.3, 0.4) is 0 Å². The topological polar surface area (TPSA) is 12.0 Å². The molecule has 0 aliphatic heterocycles. The first-order valence-electron chi connectivity index (χ1n) is 5.74. The molecule has 0 aliphatic rings. The Morgan fingerprint density at radius 1 is 1.06 bits per heavy atom. The Morgan fingerprint density at radius 2 is 1.81 bits per heavy atom. The van der Waals surface area contributed by atoms with Gasteiger partial charge in [-0.05, 0) is 18.6 Å². The zero-order chi connectivity index (χ0) is 11.4. The van der Waals surface area contributed by atoms with Gasteiger partial charge in [0.2, 0.25) is 0 Å². The van der Waals surface area contributed by atoms with Crippen LogP contribution in [0.15, 0.2) is 36.4 Å². The summed E-state index contributed by atoms with van der Waals surface area (Å²) in [5.74, 6) is 0. The molecule has 0 fully saturated rings. The second-order valence-electron chi connectivity index (χ2n) is 3.92. The van der Waals surface area contributed by atoms with E-state index in [-0.39, 0.29) is 0 Å².